The number of non-ortho nitro benzene ring substituents is 1. The Bertz CT molecular complexity index is 613. The van der Waals surface area contributed by atoms with Gasteiger partial charge < -0.3 is 5.73 Å². The summed E-state index contributed by atoms with van der Waals surface area (Å²) < 4.78 is 39.6. The molecule has 19 heavy (non-hydrogen) atoms. The number of nitro benzene ring substituents is 1. The van der Waals surface area contributed by atoms with Crippen LogP contribution in [-0.4, -0.2) is 25.4 Å². The molecule has 0 saturated heterocycles. The highest BCUT2D eigenvalue weighted by Gasteiger charge is 2.32. The minimum Gasteiger partial charge on any atom is -0.328 e. The zero-order valence-electron chi connectivity index (χ0n) is 9.74. The van der Waals surface area contributed by atoms with Crippen molar-refractivity contribution in [2.24, 2.45) is 5.73 Å². The van der Waals surface area contributed by atoms with E-state index in [2.05, 4.69) is 4.72 Å². The van der Waals surface area contributed by atoms with Crippen LogP contribution >= 0.6 is 0 Å². The van der Waals surface area contributed by atoms with Crippen LogP contribution in [0.2, 0.25) is 0 Å². The summed E-state index contributed by atoms with van der Waals surface area (Å²) in [6, 6.07) is 1.96. The molecule has 1 saturated carbocycles. The van der Waals surface area contributed by atoms with Gasteiger partial charge in [0.05, 0.1) is 4.92 Å². The molecule has 1 fully saturated rings. The summed E-state index contributed by atoms with van der Waals surface area (Å²) in [4.78, 5) is 9.08. The van der Waals surface area contributed by atoms with E-state index in [1.807, 2.05) is 0 Å². The number of nitrogens with one attached hydrogen (secondary N) is 1. The van der Waals surface area contributed by atoms with Crippen LogP contribution in [0.4, 0.5) is 10.1 Å². The van der Waals surface area contributed by atoms with E-state index in [1.165, 1.54) is 0 Å². The van der Waals surface area contributed by atoms with Gasteiger partial charge in [0.25, 0.3) is 5.69 Å². The smallest absolute Gasteiger partial charge is 0.270 e. The second-order valence-corrected chi connectivity index (χ2v) is 6.10. The lowest BCUT2D eigenvalue weighted by Crippen LogP contribution is -2.50. The maximum Gasteiger partial charge on any atom is 0.270 e. The van der Waals surface area contributed by atoms with Crippen molar-refractivity contribution in [3.8, 4) is 0 Å². The molecule has 0 amide bonds. The number of nitrogens with two attached hydrogens (primary N) is 1. The molecule has 2 rings (SSSR count). The van der Waals surface area contributed by atoms with Crippen LogP contribution in [-0.2, 0) is 10.0 Å². The van der Waals surface area contributed by atoms with E-state index in [9.17, 15) is 22.9 Å². The fourth-order valence-corrected chi connectivity index (χ4v) is 3.21. The molecule has 9 heteroatoms. The van der Waals surface area contributed by atoms with Gasteiger partial charge in [-0.05, 0) is 18.9 Å². The Labute approximate surface area is 108 Å². The highest BCUT2D eigenvalue weighted by molar-refractivity contribution is 7.89. The van der Waals surface area contributed by atoms with Crippen molar-refractivity contribution < 1.29 is 17.7 Å². The lowest BCUT2D eigenvalue weighted by atomic mass is 9.89. The molecule has 104 valence electrons. The first-order valence-electron chi connectivity index (χ1n) is 5.51. The Hall–Kier alpha value is -1.58. The Morgan fingerprint density at radius 1 is 1.42 bits per heavy atom. The van der Waals surface area contributed by atoms with Crippen LogP contribution in [0.5, 0.6) is 0 Å². The van der Waals surface area contributed by atoms with Crippen molar-refractivity contribution in [1.82, 2.24) is 4.72 Å². The minimum atomic E-state index is -4.12. The van der Waals surface area contributed by atoms with Crippen LogP contribution in [0.1, 0.15) is 12.8 Å². The van der Waals surface area contributed by atoms with Gasteiger partial charge in [0.15, 0.2) is 0 Å². The summed E-state index contributed by atoms with van der Waals surface area (Å²) in [5, 5.41) is 10.6. The van der Waals surface area contributed by atoms with Gasteiger partial charge in [-0.25, -0.2) is 17.5 Å². The van der Waals surface area contributed by atoms with E-state index in [4.69, 9.17) is 5.73 Å². The molecule has 0 spiro atoms. The second kappa shape index (κ2) is 4.83. The number of nitro groups is 1. The molecular formula is C10H12FN3O4S. The van der Waals surface area contributed by atoms with Crippen molar-refractivity contribution in [3.63, 3.8) is 0 Å². The predicted molar refractivity (Wildman–Crippen MR) is 64.4 cm³/mol. The standard InChI is InChI=1S/C10H12FN3O4S/c11-9-2-1-8(14(15)16)5-10(9)19(17,18)13-7-3-6(12)4-7/h1-2,5-7,13H,3-4,12H2. The van der Waals surface area contributed by atoms with Gasteiger partial charge in [0.2, 0.25) is 10.0 Å². The lowest BCUT2D eigenvalue weighted by Gasteiger charge is -2.32. The molecule has 0 unspecified atom stereocenters. The van der Waals surface area contributed by atoms with E-state index in [1.54, 1.807) is 0 Å². The zero-order valence-corrected chi connectivity index (χ0v) is 10.6. The predicted octanol–water partition coefficient (Wildman–Crippen LogP) is 0.502. The normalized spacial score (nSPS) is 22.8. The van der Waals surface area contributed by atoms with Gasteiger partial charge in [0.1, 0.15) is 10.7 Å². The molecule has 3 N–H and O–H groups in total. The van der Waals surface area contributed by atoms with E-state index >= 15 is 0 Å². The number of hydrogen-bond donors (Lipinski definition) is 2. The van der Waals surface area contributed by atoms with Crippen LogP contribution in [0.15, 0.2) is 23.1 Å². The van der Waals surface area contributed by atoms with Crippen molar-refractivity contribution >= 4 is 15.7 Å². The summed E-state index contributed by atoms with van der Waals surface area (Å²) >= 11 is 0. The van der Waals surface area contributed by atoms with Gasteiger partial charge in [-0.15, -0.1) is 0 Å². The number of halogens is 1. The van der Waals surface area contributed by atoms with Gasteiger partial charge in [-0.1, -0.05) is 0 Å². The van der Waals surface area contributed by atoms with Gasteiger partial charge in [0, 0.05) is 24.2 Å². The number of rotatable bonds is 4. The first-order valence-corrected chi connectivity index (χ1v) is 7.00. The van der Waals surface area contributed by atoms with Crippen LogP contribution < -0.4 is 10.5 Å². The highest BCUT2D eigenvalue weighted by Crippen LogP contribution is 2.24. The van der Waals surface area contributed by atoms with Crippen molar-refractivity contribution in [2.75, 3.05) is 0 Å². The molecule has 0 aromatic heterocycles. The Balaban J connectivity index is 2.29. The molecule has 1 aliphatic carbocycles. The van der Waals surface area contributed by atoms with Crippen molar-refractivity contribution in [2.45, 2.75) is 29.8 Å². The van der Waals surface area contributed by atoms with Crippen LogP contribution in [0, 0.1) is 15.9 Å². The minimum absolute atomic E-state index is 0.0670. The Morgan fingerprint density at radius 3 is 2.58 bits per heavy atom. The average molecular weight is 289 g/mol. The van der Waals surface area contributed by atoms with E-state index in [0.29, 0.717) is 18.9 Å². The van der Waals surface area contributed by atoms with Crippen LogP contribution in [0.25, 0.3) is 0 Å². The first kappa shape index (κ1) is 13.8. The average Bonchev–Trinajstić information content (AvgIpc) is 2.26. The number of hydrogen-bond acceptors (Lipinski definition) is 5. The van der Waals surface area contributed by atoms with E-state index in [0.717, 1.165) is 12.1 Å². The molecule has 0 heterocycles. The van der Waals surface area contributed by atoms with Crippen LogP contribution in [0.3, 0.4) is 0 Å². The van der Waals surface area contributed by atoms with Crippen molar-refractivity contribution in [1.29, 1.82) is 0 Å². The fourth-order valence-electron chi connectivity index (χ4n) is 1.85. The summed E-state index contributed by atoms with van der Waals surface area (Å²) in [6.45, 7) is 0. The molecule has 1 aromatic rings. The fraction of sp³-hybridized carbons (Fsp3) is 0.400. The van der Waals surface area contributed by atoms with E-state index in [-0.39, 0.29) is 12.1 Å². The zero-order chi connectivity index (χ0) is 14.2. The van der Waals surface area contributed by atoms with E-state index < -0.39 is 31.3 Å². The second-order valence-electron chi connectivity index (χ2n) is 4.42. The third kappa shape index (κ3) is 2.88. The lowest BCUT2D eigenvalue weighted by molar-refractivity contribution is -0.385. The maximum atomic E-state index is 13.5. The molecule has 0 aliphatic heterocycles. The largest absolute Gasteiger partial charge is 0.328 e. The first-order chi connectivity index (χ1) is 8.79. The summed E-state index contributed by atoms with van der Waals surface area (Å²) in [5.74, 6) is -1.03. The molecule has 1 aromatic carbocycles. The number of sulfonamides is 1. The number of benzene rings is 1. The molecular weight excluding hydrogens is 277 g/mol. The third-order valence-corrected chi connectivity index (χ3v) is 4.45. The Morgan fingerprint density at radius 2 is 2.05 bits per heavy atom. The monoisotopic (exact) mass is 289 g/mol. The summed E-state index contributed by atoms with van der Waals surface area (Å²) in [6.07, 6.45) is 0.936. The highest BCUT2D eigenvalue weighted by atomic mass is 32.2. The third-order valence-electron chi connectivity index (χ3n) is 2.91. The molecule has 1 aliphatic rings. The van der Waals surface area contributed by atoms with Gasteiger partial charge in [-0.3, -0.25) is 10.1 Å². The molecule has 0 atom stereocenters. The van der Waals surface area contributed by atoms with Crippen molar-refractivity contribution in [3.05, 3.63) is 34.1 Å². The summed E-state index contributed by atoms with van der Waals surface area (Å²) in [5.41, 5.74) is 5.04. The quantitative estimate of drug-likeness (QED) is 0.618. The topological polar surface area (TPSA) is 115 Å². The molecule has 0 radical (unpaired) electrons. The van der Waals surface area contributed by atoms with Gasteiger partial charge >= 0.3 is 0 Å². The van der Waals surface area contributed by atoms with Gasteiger partial charge in [-0.2, -0.15) is 0 Å². The Kier molecular flexibility index (Phi) is 3.52. The SMILES string of the molecule is NC1CC(NS(=O)(=O)c2cc([N+](=O)[O-])ccc2F)C1. The molecule has 0 bridgehead atoms. The summed E-state index contributed by atoms with van der Waals surface area (Å²) in [7, 11) is -4.12. The number of nitrogens with zero attached hydrogens (tertiary/aromatic N) is 1. The maximum absolute atomic E-state index is 13.5. The molecule has 7 nitrogen and oxygen atoms in total.